The van der Waals surface area contributed by atoms with Gasteiger partial charge in [-0.25, -0.2) is 4.39 Å². The summed E-state index contributed by atoms with van der Waals surface area (Å²) in [4.78, 5) is 10.5. The Morgan fingerprint density at radius 2 is 1.79 bits per heavy atom. The van der Waals surface area contributed by atoms with Crippen molar-refractivity contribution in [2.45, 2.75) is 58.2 Å². The molecule has 0 atom stereocenters. The number of carboxylic acid groups (broad SMARTS) is 1. The van der Waals surface area contributed by atoms with Crippen LogP contribution in [-0.4, -0.2) is 29.4 Å². The van der Waals surface area contributed by atoms with Gasteiger partial charge in [0.15, 0.2) is 0 Å². The molecule has 1 saturated heterocycles. The minimum absolute atomic E-state index is 0.0423. The van der Waals surface area contributed by atoms with Crippen molar-refractivity contribution in [3.8, 4) is 0 Å². The lowest BCUT2D eigenvalue weighted by Gasteiger charge is -2.32. The van der Waals surface area contributed by atoms with Gasteiger partial charge in [0.2, 0.25) is 0 Å². The standard InChI is InChI=1S/C13H20BFO4/c1-12(2)13(3,4)19-14(18-12)11(15)9-5-8(6-9)7-10(16)17/h8H,5-7H2,1-4H3,(H,16,17). The summed E-state index contributed by atoms with van der Waals surface area (Å²) in [6.07, 6.45) is 1.07. The van der Waals surface area contributed by atoms with Crippen LogP contribution < -0.4 is 0 Å². The zero-order valence-corrected chi connectivity index (χ0v) is 11.8. The molecule has 19 heavy (non-hydrogen) atoms. The molecular weight excluding hydrogens is 250 g/mol. The molecule has 2 rings (SSSR count). The van der Waals surface area contributed by atoms with E-state index in [9.17, 15) is 9.18 Å². The number of halogens is 1. The van der Waals surface area contributed by atoms with Crippen LogP contribution in [0.15, 0.2) is 11.3 Å². The molecule has 1 aliphatic heterocycles. The minimum Gasteiger partial charge on any atom is -0.481 e. The van der Waals surface area contributed by atoms with Gasteiger partial charge in [0.05, 0.1) is 11.2 Å². The van der Waals surface area contributed by atoms with Gasteiger partial charge in [0, 0.05) is 6.42 Å². The van der Waals surface area contributed by atoms with E-state index in [-0.39, 0.29) is 18.1 Å². The van der Waals surface area contributed by atoms with Crippen LogP contribution in [0.5, 0.6) is 0 Å². The Hall–Kier alpha value is -0.875. The fourth-order valence-corrected chi connectivity index (χ4v) is 2.34. The van der Waals surface area contributed by atoms with Crippen LogP contribution in [0.4, 0.5) is 4.39 Å². The highest BCUT2D eigenvalue weighted by Gasteiger charge is 2.54. The number of hydrogen-bond donors (Lipinski definition) is 1. The molecule has 0 aromatic rings. The Morgan fingerprint density at radius 1 is 1.32 bits per heavy atom. The van der Waals surface area contributed by atoms with Gasteiger partial charge < -0.3 is 14.4 Å². The van der Waals surface area contributed by atoms with Gasteiger partial charge in [0.25, 0.3) is 0 Å². The predicted octanol–water partition coefficient (Wildman–Crippen LogP) is 2.73. The smallest absolute Gasteiger partial charge is 0.481 e. The van der Waals surface area contributed by atoms with Crippen LogP contribution >= 0.6 is 0 Å². The molecule has 106 valence electrons. The molecule has 0 bridgehead atoms. The van der Waals surface area contributed by atoms with Crippen LogP contribution in [-0.2, 0) is 14.1 Å². The van der Waals surface area contributed by atoms with Gasteiger partial charge in [-0.2, -0.15) is 0 Å². The molecule has 2 aliphatic rings. The largest absolute Gasteiger partial charge is 0.525 e. The lowest BCUT2D eigenvalue weighted by atomic mass is 9.71. The van der Waals surface area contributed by atoms with Crippen molar-refractivity contribution in [2.75, 3.05) is 0 Å². The normalized spacial score (nSPS) is 28.2. The average Bonchev–Trinajstić information content (AvgIpc) is 2.40. The fraction of sp³-hybridized carbons (Fsp3) is 0.769. The van der Waals surface area contributed by atoms with Crippen LogP contribution in [0, 0.1) is 5.92 Å². The molecule has 2 fully saturated rings. The maximum absolute atomic E-state index is 14.2. The first-order chi connectivity index (χ1) is 8.62. The summed E-state index contributed by atoms with van der Waals surface area (Å²) in [5.41, 5.74) is -0.857. The highest BCUT2D eigenvalue weighted by atomic mass is 19.1. The topological polar surface area (TPSA) is 55.8 Å². The second-order valence-electron chi connectivity index (χ2n) is 6.41. The molecule has 1 saturated carbocycles. The zero-order valence-electron chi connectivity index (χ0n) is 11.8. The molecule has 1 N–H and O–H groups in total. The average molecular weight is 270 g/mol. The van der Waals surface area contributed by atoms with Crippen LogP contribution in [0.1, 0.15) is 47.0 Å². The van der Waals surface area contributed by atoms with Gasteiger partial charge in [-0.15, -0.1) is 0 Å². The molecule has 0 radical (unpaired) electrons. The summed E-state index contributed by atoms with van der Waals surface area (Å²) < 4.78 is 25.5. The first-order valence-electron chi connectivity index (χ1n) is 6.57. The summed E-state index contributed by atoms with van der Waals surface area (Å²) >= 11 is 0. The molecular formula is C13H20BFO4. The summed E-state index contributed by atoms with van der Waals surface area (Å²) in [6, 6.07) is 0. The lowest BCUT2D eigenvalue weighted by Crippen LogP contribution is -2.41. The van der Waals surface area contributed by atoms with E-state index in [2.05, 4.69) is 0 Å². The molecule has 0 amide bonds. The SMILES string of the molecule is CC1(C)OB(C(F)=C2CC(CC(=O)O)C2)OC1(C)C. The number of carbonyl (C=O) groups is 1. The Kier molecular flexibility index (Phi) is 3.52. The Morgan fingerprint density at radius 3 is 2.21 bits per heavy atom. The van der Waals surface area contributed by atoms with E-state index in [1.54, 1.807) is 0 Å². The van der Waals surface area contributed by atoms with E-state index in [0.29, 0.717) is 18.4 Å². The zero-order chi connectivity index (χ0) is 14.4. The molecule has 0 spiro atoms. The number of carboxylic acids is 1. The van der Waals surface area contributed by atoms with E-state index in [1.807, 2.05) is 27.7 Å². The van der Waals surface area contributed by atoms with Crippen molar-refractivity contribution >= 4 is 13.1 Å². The van der Waals surface area contributed by atoms with E-state index in [4.69, 9.17) is 14.4 Å². The fourth-order valence-electron chi connectivity index (χ4n) is 2.34. The monoisotopic (exact) mass is 270 g/mol. The summed E-state index contributed by atoms with van der Waals surface area (Å²) in [7, 11) is -0.953. The number of hydrogen-bond acceptors (Lipinski definition) is 3. The van der Waals surface area contributed by atoms with E-state index in [1.165, 1.54) is 0 Å². The minimum atomic E-state index is -0.953. The van der Waals surface area contributed by atoms with Crippen molar-refractivity contribution in [1.82, 2.24) is 0 Å². The first kappa shape index (κ1) is 14.5. The quantitative estimate of drug-likeness (QED) is 0.801. The van der Waals surface area contributed by atoms with Crippen LogP contribution in [0.25, 0.3) is 0 Å². The van der Waals surface area contributed by atoms with Crippen molar-refractivity contribution in [3.63, 3.8) is 0 Å². The molecule has 1 aliphatic carbocycles. The van der Waals surface area contributed by atoms with Crippen LogP contribution in [0.2, 0.25) is 0 Å². The van der Waals surface area contributed by atoms with Gasteiger partial charge in [0.1, 0.15) is 5.73 Å². The number of rotatable bonds is 3. The van der Waals surface area contributed by atoms with E-state index >= 15 is 0 Å². The van der Waals surface area contributed by atoms with E-state index < -0.39 is 24.3 Å². The summed E-state index contributed by atoms with van der Waals surface area (Å²) in [5, 5.41) is 8.66. The molecule has 0 unspecified atom stereocenters. The molecule has 1 heterocycles. The van der Waals surface area contributed by atoms with Gasteiger partial charge in [-0.1, -0.05) is 0 Å². The lowest BCUT2D eigenvalue weighted by molar-refractivity contribution is -0.138. The van der Waals surface area contributed by atoms with Gasteiger partial charge >= 0.3 is 13.1 Å². The van der Waals surface area contributed by atoms with Gasteiger partial charge in [-0.05, 0) is 52.0 Å². The third kappa shape index (κ3) is 2.70. The maximum Gasteiger partial charge on any atom is 0.525 e. The Bertz CT molecular complexity index is 406. The van der Waals surface area contributed by atoms with Gasteiger partial charge in [-0.3, -0.25) is 4.79 Å². The number of aliphatic carboxylic acids is 1. The molecule has 4 nitrogen and oxygen atoms in total. The third-order valence-electron chi connectivity index (χ3n) is 4.33. The van der Waals surface area contributed by atoms with Crippen molar-refractivity contribution in [2.24, 2.45) is 5.92 Å². The van der Waals surface area contributed by atoms with Crippen molar-refractivity contribution in [1.29, 1.82) is 0 Å². The Balaban J connectivity index is 2.00. The van der Waals surface area contributed by atoms with Crippen molar-refractivity contribution < 1.29 is 23.6 Å². The second kappa shape index (κ2) is 4.60. The molecule has 0 aromatic carbocycles. The Labute approximate surface area is 113 Å². The highest BCUT2D eigenvalue weighted by molar-refractivity contribution is 6.53. The maximum atomic E-state index is 14.2. The van der Waals surface area contributed by atoms with Crippen LogP contribution in [0.3, 0.4) is 0 Å². The summed E-state index contributed by atoms with van der Waals surface area (Å²) in [6.45, 7) is 7.50. The number of allylic oxidation sites excluding steroid dienone is 1. The molecule has 6 heteroatoms. The second-order valence-corrected chi connectivity index (χ2v) is 6.41. The molecule has 0 aromatic heterocycles. The van der Waals surface area contributed by atoms with Crippen molar-refractivity contribution in [3.05, 3.63) is 11.3 Å². The summed E-state index contributed by atoms with van der Waals surface area (Å²) in [5.74, 6) is -0.791. The first-order valence-corrected chi connectivity index (χ1v) is 6.57. The van der Waals surface area contributed by atoms with E-state index in [0.717, 1.165) is 0 Å². The third-order valence-corrected chi connectivity index (χ3v) is 4.33. The highest BCUT2D eigenvalue weighted by Crippen LogP contribution is 2.43. The predicted molar refractivity (Wildman–Crippen MR) is 69.2 cm³/mol.